The smallest absolute Gasteiger partial charge is 0.202 e. The molecule has 0 bridgehead atoms. The summed E-state index contributed by atoms with van der Waals surface area (Å²) < 4.78 is 1.97. The number of hydrogen-bond acceptors (Lipinski definition) is 2. The van der Waals surface area contributed by atoms with E-state index in [0.29, 0.717) is 11.4 Å². The third kappa shape index (κ3) is 1.41. The number of halogens is 1. The van der Waals surface area contributed by atoms with Gasteiger partial charge in [0.25, 0.3) is 0 Å². The molecule has 0 aliphatic heterocycles. The molecule has 0 radical (unpaired) electrons. The quantitative estimate of drug-likeness (QED) is 0.710. The summed E-state index contributed by atoms with van der Waals surface area (Å²) >= 11 is 5.86. The van der Waals surface area contributed by atoms with Crippen molar-refractivity contribution in [2.45, 2.75) is 24.3 Å². The summed E-state index contributed by atoms with van der Waals surface area (Å²) in [6.07, 6.45) is 5.82. The topological polar surface area (TPSA) is 29.9 Å². The Morgan fingerprint density at radius 3 is 2.92 bits per heavy atom. The molecule has 2 rings (SSSR count). The minimum Gasteiger partial charge on any atom is -0.353 e. The van der Waals surface area contributed by atoms with Gasteiger partial charge in [0, 0.05) is 30.9 Å². The Hall–Kier alpha value is -0.700. The zero-order valence-electron chi connectivity index (χ0n) is 7.00. The fourth-order valence-electron chi connectivity index (χ4n) is 1.35. The van der Waals surface area contributed by atoms with Crippen molar-refractivity contribution >= 4 is 17.5 Å². The summed E-state index contributed by atoms with van der Waals surface area (Å²) in [5, 5.41) is 3.69. The number of hydrogen-bond donors (Lipinski definition) is 1. The highest BCUT2D eigenvalue weighted by molar-refractivity contribution is 6.21. The largest absolute Gasteiger partial charge is 0.353 e. The molecule has 1 aromatic rings. The minimum atomic E-state index is 0.364. The van der Waals surface area contributed by atoms with Crippen LogP contribution >= 0.6 is 11.6 Å². The Balaban J connectivity index is 1.92. The van der Waals surface area contributed by atoms with E-state index in [2.05, 4.69) is 10.3 Å². The lowest BCUT2D eigenvalue weighted by Crippen LogP contribution is -2.36. The monoisotopic (exact) mass is 185 g/mol. The summed E-state index contributed by atoms with van der Waals surface area (Å²) in [5.41, 5.74) is 0. The molecule has 0 unspecified atom stereocenters. The molecule has 1 heterocycles. The van der Waals surface area contributed by atoms with Crippen LogP contribution in [0, 0.1) is 0 Å². The van der Waals surface area contributed by atoms with Crippen molar-refractivity contribution in [1.82, 2.24) is 9.55 Å². The second-order valence-electron chi connectivity index (χ2n) is 3.27. The number of nitrogens with zero attached hydrogens (tertiary/aromatic N) is 2. The van der Waals surface area contributed by atoms with Crippen LogP contribution in [0.4, 0.5) is 5.95 Å². The van der Waals surface area contributed by atoms with Crippen LogP contribution < -0.4 is 5.32 Å². The van der Waals surface area contributed by atoms with Crippen molar-refractivity contribution in [3.05, 3.63) is 12.4 Å². The van der Waals surface area contributed by atoms with E-state index in [1.165, 1.54) is 0 Å². The van der Waals surface area contributed by atoms with E-state index < -0.39 is 0 Å². The molecule has 1 aromatic heterocycles. The van der Waals surface area contributed by atoms with E-state index in [9.17, 15) is 0 Å². The van der Waals surface area contributed by atoms with Crippen molar-refractivity contribution in [3.8, 4) is 0 Å². The lowest BCUT2D eigenvalue weighted by atomic mass is 9.93. The van der Waals surface area contributed by atoms with Gasteiger partial charge in [0.2, 0.25) is 5.95 Å². The van der Waals surface area contributed by atoms with E-state index in [-0.39, 0.29) is 0 Å². The summed E-state index contributed by atoms with van der Waals surface area (Å²) in [6, 6.07) is 0.522. The highest BCUT2D eigenvalue weighted by atomic mass is 35.5. The predicted octanol–water partition coefficient (Wildman–Crippen LogP) is 1.60. The molecule has 66 valence electrons. The van der Waals surface area contributed by atoms with Crippen molar-refractivity contribution in [3.63, 3.8) is 0 Å². The standard InChI is InChI=1S/C8H12ClN3/c1-12-3-2-10-8(12)11-7-4-6(9)5-7/h2-3,6-7H,4-5H2,1H3,(H,10,11). The van der Waals surface area contributed by atoms with E-state index in [4.69, 9.17) is 11.6 Å². The van der Waals surface area contributed by atoms with Crippen molar-refractivity contribution in [2.75, 3.05) is 5.32 Å². The van der Waals surface area contributed by atoms with Crippen LogP contribution in [0.15, 0.2) is 12.4 Å². The second kappa shape index (κ2) is 2.98. The fourth-order valence-corrected chi connectivity index (χ4v) is 1.78. The molecule has 12 heavy (non-hydrogen) atoms. The van der Waals surface area contributed by atoms with Gasteiger partial charge in [-0.05, 0) is 12.8 Å². The lowest BCUT2D eigenvalue weighted by molar-refractivity contribution is 0.451. The van der Waals surface area contributed by atoms with E-state index in [0.717, 1.165) is 18.8 Å². The van der Waals surface area contributed by atoms with Gasteiger partial charge in [0.1, 0.15) is 0 Å². The van der Waals surface area contributed by atoms with Crippen LogP contribution in [-0.4, -0.2) is 21.0 Å². The van der Waals surface area contributed by atoms with E-state index >= 15 is 0 Å². The van der Waals surface area contributed by atoms with Gasteiger partial charge in [0.05, 0.1) is 0 Å². The van der Waals surface area contributed by atoms with Gasteiger partial charge in [0.15, 0.2) is 0 Å². The first-order chi connectivity index (χ1) is 5.75. The van der Waals surface area contributed by atoms with Gasteiger partial charge in [-0.3, -0.25) is 0 Å². The first kappa shape index (κ1) is 7.92. The maximum Gasteiger partial charge on any atom is 0.202 e. The van der Waals surface area contributed by atoms with Gasteiger partial charge >= 0.3 is 0 Å². The molecule has 1 aliphatic rings. The first-order valence-corrected chi connectivity index (χ1v) is 4.57. The molecule has 0 amide bonds. The molecule has 1 aliphatic carbocycles. The van der Waals surface area contributed by atoms with Gasteiger partial charge in [-0.15, -0.1) is 11.6 Å². The number of alkyl halides is 1. The summed E-state index contributed by atoms with van der Waals surface area (Å²) in [4.78, 5) is 4.17. The van der Waals surface area contributed by atoms with Crippen LogP contribution in [-0.2, 0) is 7.05 Å². The Morgan fingerprint density at radius 1 is 1.67 bits per heavy atom. The summed E-state index contributed by atoms with van der Waals surface area (Å²) in [6.45, 7) is 0. The molecule has 1 saturated carbocycles. The van der Waals surface area contributed by atoms with Crippen molar-refractivity contribution in [1.29, 1.82) is 0 Å². The summed E-state index contributed by atoms with van der Waals surface area (Å²) in [5.74, 6) is 0.934. The highest BCUT2D eigenvalue weighted by Crippen LogP contribution is 2.27. The number of rotatable bonds is 2. The van der Waals surface area contributed by atoms with Crippen LogP contribution in [0.2, 0.25) is 0 Å². The third-order valence-electron chi connectivity index (χ3n) is 2.23. The van der Waals surface area contributed by atoms with Crippen molar-refractivity contribution < 1.29 is 0 Å². The highest BCUT2D eigenvalue weighted by Gasteiger charge is 2.27. The molecule has 0 aromatic carbocycles. The number of anilines is 1. The third-order valence-corrected chi connectivity index (χ3v) is 2.59. The average molecular weight is 186 g/mol. The van der Waals surface area contributed by atoms with Crippen LogP contribution in [0.5, 0.6) is 0 Å². The zero-order chi connectivity index (χ0) is 8.55. The van der Waals surface area contributed by atoms with Crippen LogP contribution in [0.3, 0.4) is 0 Å². The van der Waals surface area contributed by atoms with E-state index in [1.807, 2.05) is 17.8 Å². The predicted molar refractivity (Wildman–Crippen MR) is 49.5 cm³/mol. The molecule has 0 atom stereocenters. The normalized spacial score (nSPS) is 28.2. The minimum absolute atomic E-state index is 0.364. The molecule has 0 spiro atoms. The molecule has 1 N–H and O–H groups in total. The molecular formula is C8H12ClN3. The molecule has 3 nitrogen and oxygen atoms in total. The van der Waals surface area contributed by atoms with Gasteiger partial charge in [-0.2, -0.15) is 0 Å². The van der Waals surface area contributed by atoms with E-state index in [1.54, 1.807) is 6.20 Å². The second-order valence-corrected chi connectivity index (χ2v) is 3.89. The Morgan fingerprint density at radius 2 is 2.42 bits per heavy atom. The maximum atomic E-state index is 5.86. The SMILES string of the molecule is Cn1ccnc1NC1CC(Cl)C1. The van der Waals surface area contributed by atoms with Crippen molar-refractivity contribution in [2.24, 2.45) is 7.05 Å². The van der Waals surface area contributed by atoms with Crippen LogP contribution in [0.25, 0.3) is 0 Å². The van der Waals surface area contributed by atoms with Gasteiger partial charge in [-0.25, -0.2) is 4.98 Å². The Bertz CT molecular complexity index is 265. The first-order valence-electron chi connectivity index (χ1n) is 4.13. The fraction of sp³-hybridized carbons (Fsp3) is 0.625. The summed E-state index contributed by atoms with van der Waals surface area (Å²) in [7, 11) is 1.98. The number of nitrogens with one attached hydrogen (secondary N) is 1. The maximum absolute atomic E-state index is 5.86. The van der Waals surface area contributed by atoms with Gasteiger partial charge < -0.3 is 9.88 Å². The average Bonchev–Trinajstić information content (AvgIpc) is 2.33. The molecule has 4 heteroatoms. The Labute approximate surface area is 76.7 Å². The molecular weight excluding hydrogens is 174 g/mol. The number of aromatic nitrogens is 2. The Kier molecular flexibility index (Phi) is 1.97. The number of imidazole rings is 1. The lowest BCUT2D eigenvalue weighted by Gasteiger charge is -2.31. The van der Waals surface area contributed by atoms with Crippen LogP contribution in [0.1, 0.15) is 12.8 Å². The zero-order valence-corrected chi connectivity index (χ0v) is 7.75. The van der Waals surface area contributed by atoms with Gasteiger partial charge in [-0.1, -0.05) is 0 Å². The molecule has 1 fully saturated rings. The molecule has 0 saturated heterocycles. The number of aryl methyl sites for hydroxylation is 1.